The number of ether oxygens (including phenoxy) is 1. The van der Waals surface area contributed by atoms with E-state index in [1.807, 2.05) is 12.1 Å². The molecule has 2 aromatic carbocycles. The van der Waals surface area contributed by atoms with Gasteiger partial charge in [-0.3, -0.25) is 0 Å². The molecule has 1 N–H and O–H groups in total. The number of hydrogen-bond donors (Lipinski definition) is 1. The smallest absolute Gasteiger partial charge is 0.144 e. The van der Waals surface area contributed by atoms with Crippen LogP contribution in [0, 0.1) is 0 Å². The van der Waals surface area contributed by atoms with Gasteiger partial charge in [0.1, 0.15) is 18.1 Å². The zero-order chi connectivity index (χ0) is 13.8. The molecule has 0 bridgehead atoms. The second-order valence-electron chi connectivity index (χ2n) is 4.00. The molecule has 0 fully saturated rings. The number of rotatable bonds is 4. The summed E-state index contributed by atoms with van der Waals surface area (Å²) in [7, 11) is 0. The summed E-state index contributed by atoms with van der Waals surface area (Å²) in [5.41, 5.74) is 1.77. The first-order valence-corrected chi connectivity index (χ1v) is 6.37. The Bertz CT molecular complexity index is 592. The molecule has 4 heteroatoms. The maximum absolute atomic E-state index is 9.10. The highest BCUT2D eigenvalue weighted by Gasteiger charge is 2.08. The molecule has 2 rings (SSSR count). The minimum absolute atomic E-state index is 0.0305. The Morgan fingerprint density at radius 3 is 2.32 bits per heavy atom. The minimum Gasteiger partial charge on any atom is -0.509 e. The fraction of sp³-hybridized carbons (Fsp3) is 0.0667. The predicted octanol–water partition coefficient (Wildman–Crippen LogP) is 5.11. The van der Waals surface area contributed by atoms with Crippen molar-refractivity contribution in [2.24, 2.45) is 0 Å². The van der Waals surface area contributed by atoms with E-state index in [1.54, 1.807) is 30.3 Å². The van der Waals surface area contributed by atoms with E-state index in [1.165, 1.54) is 0 Å². The standard InChI is InChI=1S/C15H12Cl2O2/c1-10(18)9-19-15-7-6-13(17)8-14(15)11-2-4-12(16)5-3-11/h2-8,18H,1,9H2. The maximum Gasteiger partial charge on any atom is 0.144 e. The molecule has 2 aromatic rings. The average molecular weight is 295 g/mol. The molecule has 0 radical (unpaired) electrons. The molecule has 0 saturated carbocycles. The quantitative estimate of drug-likeness (QED) is 0.794. The molecule has 0 spiro atoms. The van der Waals surface area contributed by atoms with Crippen LogP contribution in [0.3, 0.4) is 0 Å². The van der Waals surface area contributed by atoms with Crippen LogP contribution in [0.25, 0.3) is 11.1 Å². The van der Waals surface area contributed by atoms with Gasteiger partial charge in [0, 0.05) is 15.6 Å². The van der Waals surface area contributed by atoms with E-state index < -0.39 is 0 Å². The van der Waals surface area contributed by atoms with Crippen molar-refractivity contribution < 1.29 is 9.84 Å². The number of halogens is 2. The van der Waals surface area contributed by atoms with Crippen molar-refractivity contribution in [2.45, 2.75) is 0 Å². The van der Waals surface area contributed by atoms with E-state index >= 15 is 0 Å². The van der Waals surface area contributed by atoms with Crippen LogP contribution >= 0.6 is 23.2 Å². The van der Waals surface area contributed by atoms with Gasteiger partial charge in [-0.1, -0.05) is 41.9 Å². The number of benzene rings is 2. The van der Waals surface area contributed by atoms with Crippen molar-refractivity contribution in [3.05, 3.63) is 64.8 Å². The first kappa shape index (κ1) is 13.8. The second kappa shape index (κ2) is 6.00. The first-order chi connectivity index (χ1) is 9.06. The molecule has 0 saturated heterocycles. The lowest BCUT2D eigenvalue weighted by Gasteiger charge is -2.12. The van der Waals surface area contributed by atoms with Crippen LogP contribution in [0.1, 0.15) is 0 Å². The summed E-state index contributed by atoms with van der Waals surface area (Å²) in [6, 6.07) is 12.7. The van der Waals surface area contributed by atoms with E-state index in [4.69, 9.17) is 33.0 Å². The summed E-state index contributed by atoms with van der Waals surface area (Å²) in [5, 5.41) is 10.4. The van der Waals surface area contributed by atoms with E-state index in [0.717, 1.165) is 11.1 Å². The van der Waals surface area contributed by atoms with Gasteiger partial charge in [0.25, 0.3) is 0 Å². The lowest BCUT2D eigenvalue weighted by Crippen LogP contribution is -2.00. The van der Waals surface area contributed by atoms with Gasteiger partial charge >= 0.3 is 0 Å². The van der Waals surface area contributed by atoms with Gasteiger partial charge < -0.3 is 9.84 Å². The molecule has 0 atom stereocenters. The predicted molar refractivity (Wildman–Crippen MR) is 79.2 cm³/mol. The molecular weight excluding hydrogens is 283 g/mol. The second-order valence-corrected chi connectivity index (χ2v) is 4.88. The Kier molecular flexibility index (Phi) is 4.35. The molecule has 0 unspecified atom stereocenters. The van der Waals surface area contributed by atoms with E-state index in [2.05, 4.69) is 6.58 Å². The summed E-state index contributed by atoms with van der Waals surface area (Å²) in [5.74, 6) is 0.596. The van der Waals surface area contributed by atoms with E-state index in [0.29, 0.717) is 15.8 Å². The Balaban J connectivity index is 2.39. The first-order valence-electron chi connectivity index (χ1n) is 5.61. The number of hydrogen-bond acceptors (Lipinski definition) is 2. The zero-order valence-electron chi connectivity index (χ0n) is 10.1. The minimum atomic E-state index is -0.0305. The molecule has 0 aliphatic carbocycles. The molecule has 0 aromatic heterocycles. The summed E-state index contributed by atoms with van der Waals surface area (Å²) in [4.78, 5) is 0. The Labute approximate surface area is 121 Å². The highest BCUT2D eigenvalue weighted by atomic mass is 35.5. The molecule has 0 aliphatic rings. The third-order valence-corrected chi connectivity index (χ3v) is 2.98. The summed E-state index contributed by atoms with van der Waals surface area (Å²) in [6.07, 6.45) is 0. The van der Waals surface area contributed by atoms with Crippen LogP contribution in [-0.4, -0.2) is 11.7 Å². The van der Waals surface area contributed by atoms with Gasteiger partial charge in [0.2, 0.25) is 0 Å². The van der Waals surface area contributed by atoms with Crippen LogP contribution < -0.4 is 4.74 Å². The van der Waals surface area contributed by atoms with Crippen molar-refractivity contribution in [3.8, 4) is 16.9 Å². The van der Waals surface area contributed by atoms with Crippen LogP contribution in [0.15, 0.2) is 54.8 Å². The van der Waals surface area contributed by atoms with Crippen LogP contribution in [0.5, 0.6) is 5.75 Å². The topological polar surface area (TPSA) is 29.5 Å². The zero-order valence-corrected chi connectivity index (χ0v) is 11.6. The Hall–Kier alpha value is -1.64. The Morgan fingerprint density at radius 1 is 1.05 bits per heavy atom. The van der Waals surface area contributed by atoms with Crippen molar-refractivity contribution >= 4 is 23.2 Å². The van der Waals surface area contributed by atoms with Crippen molar-refractivity contribution in [1.82, 2.24) is 0 Å². The van der Waals surface area contributed by atoms with Gasteiger partial charge in [-0.25, -0.2) is 0 Å². The fourth-order valence-electron chi connectivity index (χ4n) is 1.64. The number of aliphatic hydroxyl groups is 1. The van der Waals surface area contributed by atoms with Crippen LogP contribution in [0.2, 0.25) is 10.0 Å². The molecule has 98 valence electrons. The van der Waals surface area contributed by atoms with Gasteiger partial charge in [0.15, 0.2) is 0 Å². The summed E-state index contributed by atoms with van der Waals surface area (Å²) in [6.45, 7) is 3.43. The largest absolute Gasteiger partial charge is 0.509 e. The van der Waals surface area contributed by atoms with E-state index in [-0.39, 0.29) is 12.4 Å². The molecule has 19 heavy (non-hydrogen) atoms. The third-order valence-electron chi connectivity index (χ3n) is 2.49. The highest BCUT2D eigenvalue weighted by molar-refractivity contribution is 6.31. The van der Waals surface area contributed by atoms with Crippen LogP contribution in [-0.2, 0) is 0 Å². The van der Waals surface area contributed by atoms with Gasteiger partial charge in [-0.15, -0.1) is 0 Å². The third kappa shape index (κ3) is 3.66. The molecule has 0 heterocycles. The normalized spacial score (nSPS) is 10.2. The van der Waals surface area contributed by atoms with Crippen LogP contribution in [0.4, 0.5) is 0 Å². The average Bonchev–Trinajstić information content (AvgIpc) is 2.38. The van der Waals surface area contributed by atoms with Crippen molar-refractivity contribution in [3.63, 3.8) is 0 Å². The lowest BCUT2D eigenvalue weighted by atomic mass is 10.0. The monoisotopic (exact) mass is 294 g/mol. The van der Waals surface area contributed by atoms with E-state index in [9.17, 15) is 0 Å². The lowest BCUT2D eigenvalue weighted by molar-refractivity contribution is 0.273. The highest BCUT2D eigenvalue weighted by Crippen LogP contribution is 2.33. The van der Waals surface area contributed by atoms with Gasteiger partial charge in [0.05, 0.1) is 0 Å². The molecule has 0 aliphatic heterocycles. The van der Waals surface area contributed by atoms with Crippen molar-refractivity contribution in [1.29, 1.82) is 0 Å². The summed E-state index contributed by atoms with van der Waals surface area (Å²) < 4.78 is 5.50. The SMILES string of the molecule is C=C(O)COc1ccc(Cl)cc1-c1ccc(Cl)cc1. The fourth-order valence-corrected chi connectivity index (χ4v) is 1.94. The summed E-state index contributed by atoms with van der Waals surface area (Å²) >= 11 is 11.9. The van der Waals surface area contributed by atoms with Gasteiger partial charge in [-0.2, -0.15) is 0 Å². The van der Waals surface area contributed by atoms with Gasteiger partial charge in [-0.05, 0) is 35.9 Å². The molecule has 0 amide bonds. The Morgan fingerprint density at radius 2 is 1.68 bits per heavy atom. The number of aliphatic hydroxyl groups excluding tert-OH is 1. The molecule has 2 nitrogen and oxygen atoms in total. The van der Waals surface area contributed by atoms with Crippen molar-refractivity contribution in [2.75, 3.05) is 6.61 Å². The maximum atomic E-state index is 9.10. The molecular formula is C15H12Cl2O2.